The van der Waals surface area contributed by atoms with E-state index in [0.717, 1.165) is 23.2 Å². The molecule has 0 amide bonds. The first kappa shape index (κ1) is 16.7. The Hall–Kier alpha value is -2.11. The lowest BCUT2D eigenvalue weighted by Crippen LogP contribution is -2.11. The van der Waals surface area contributed by atoms with E-state index in [1.54, 1.807) is 12.1 Å². The predicted molar refractivity (Wildman–Crippen MR) is 95.1 cm³/mol. The van der Waals surface area contributed by atoms with Gasteiger partial charge in [0.25, 0.3) is 0 Å². The number of hydrogen-bond donors (Lipinski definition) is 1. The Morgan fingerprint density at radius 1 is 1.25 bits per heavy atom. The van der Waals surface area contributed by atoms with E-state index >= 15 is 0 Å². The van der Waals surface area contributed by atoms with Gasteiger partial charge in [0.05, 0.1) is 17.8 Å². The van der Waals surface area contributed by atoms with Crippen LogP contribution in [-0.2, 0) is 19.5 Å². The van der Waals surface area contributed by atoms with E-state index in [1.165, 1.54) is 0 Å². The Morgan fingerprint density at radius 3 is 2.71 bits per heavy atom. The molecule has 2 N–H and O–H groups in total. The van der Waals surface area contributed by atoms with Crippen molar-refractivity contribution in [3.8, 4) is 0 Å². The Labute approximate surface area is 149 Å². The van der Waals surface area contributed by atoms with Gasteiger partial charge in [-0.15, -0.1) is 0 Å². The van der Waals surface area contributed by atoms with Crippen LogP contribution in [-0.4, -0.2) is 5.78 Å². The highest BCUT2D eigenvalue weighted by Gasteiger charge is 2.38. The molecule has 1 heterocycles. The average molecular weight is 362 g/mol. The van der Waals surface area contributed by atoms with Crippen molar-refractivity contribution < 1.29 is 13.7 Å². The van der Waals surface area contributed by atoms with Gasteiger partial charge in [-0.1, -0.05) is 54.1 Å². The third-order valence-electron chi connectivity index (χ3n) is 3.58. The van der Waals surface area contributed by atoms with E-state index in [0.29, 0.717) is 16.3 Å². The number of rotatable bonds is 5. The molecule has 0 radical (unpaired) electrons. The average Bonchev–Trinajstić information content (AvgIpc) is 2.84. The summed E-state index contributed by atoms with van der Waals surface area (Å²) < 4.78 is 11.0. The smallest absolute Gasteiger partial charge is 0.249 e. The van der Waals surface area contributed by atoms with Crippen LogP contribution >= 0.6 is 23.6 Å². The van der Waals surface area contributed by atoms with Crippen molar-refractivity contribution in [3.05, 3.63) is 81.9 Å². The number of hydrogen-bond acceptors (Lipinski definition) is 5. The minimum Gasteiger partial charge on any atom is -0.460 e. The number of halogens is 1. The Kier molecular flexibility index (Phi) is 5.02. The molecule has 4 nitrogen and oxygen atoms in total. The first-order valence-electron chi connectivity index (χ1n) is 7.36. The summed E-state index contributed by atoms with van der Waals surface area (Å²) in [6.07, 6.45) is -0.856. The third kappa shape index (κ3) is 3.52. The first-order chi connectivity index (χ1) is 11.6. The van der Waals surface area contributed by atoms with Gasteiger partial charge in [0.15, 0.2) is 6.10 Å². The maximum atomic E-state index is 12.5. The number of carbonyl (C=O) groups is 1. The molecule has 24 heavy (non-hydrogen) atoms. The molecular formula is C18H16ClNO3S. The molecule has 2 aromatic rings. The van der Waals surface area contributed by atoms with Crippen LogP contribution < -0.4 is 5.73 Å². The Bertz CT molecular complexity index is 792. The molecule has 0 aromatic heterocycles. The lowest BCUT2D eigenvalue weighted by Gasteiger charge is -2.12. The van der Waals surface area contributed by atoms with Crippen molar-refractivity contribution in [2.75, 3.05) is 0 Å². The first-order valence-corrected chi connectivity index (χ1v) is 8.65. The summed E-state index contributed by atoms with van der Waals surface area (Å²) in [5.74, 6) is 0.305. The zero-order valence-corrected chi connectivity index (χ0v) is 14.6. The molecule has 0 fully saturated rings. The van der Waals surface area contributed by atoms with E-state index in [2.05, 4.69) is 0 Å². The minimum atomic E-state index is -0.856. The monoisotopic (exact) mass is 361 g/mol. The zero-order chi connectivity index (χ0) is 17.1. The van der Waals surface area contributed by atoms with Crippen LogP contribution in [0.15, 0.2) is 60.2 Å². The Morgan fingerprint density at radius 2 is 2.00 bits per heavy atom. The van der Waals surface area contributed by atoms with Crippen LogP contribution in [0.25, 0.3) is 0 Å². The number of Topliss-reactive ketones (excluding diaryl/α,β-unsaturated/α-hetero) is 1. The summed E-state index contributed by atoms with van der Waals surface area (Å²) >= 11 is 7.36. The molecule has 1 aliphatic heterocycles. The third-order valence-corrected chi connectivity index (χ3v) is 4.64. The van der Waals surface area contributed by atoms with Crippen molar-refractivity contribution >= 4 is 29.4 Å². The number of carbonyl (C=O) groups excluding carboxylic acids is 1. The molecule has 3 rings (SSSR count). The van der Waals surface area contributed by atoms with E-state index in [9.17, 15) is 4.79 Å². The molecule has 2 aromatic carbocycles. The molecule has 1 unspecified atom stereocenters. The van der Waals surface area contributed by atoms with Crippen molar-refractivity contribution in [3.63, 3.8) is 0 Å². The van der Waals surface area contributed by atoms with Crippen LogP contribution in [0.1, 0.15) is 22.8 Å². The Balaban J connectivity index is 1.67. The second-order valence-electron chi connectivity index (χ2n) is 5.41. The molecule has 1 aliphatic rings. The van der Waals surface area contributed by atoms with Crippen molar-refractivity contribution in [1.82, 2.24) is 0 Å². The van der Waals surface area contributed by atoms with Crippen LogP contribution in [0, 0.1) is 6.92 Å². The molecule has 6 heteroatoms. The summed E-state index contributed by atoms with van der Waals surface area (Å²) in [7, 11) is 0. The second kappa shape index (κ2) is 7.20. The second-order valence-corrected chi connectivity index (χ2v) is 6.51. The number of benzene rings is 2. The molecule has 0 aliphatic carbocycles. The van der Waals surface area contributed by atoms with Gasteiger partial charge >= 0.3 is 0 Å². The van der Waals surface area contributed by atoms with Crippen molar-refractivity contribution in [1.29, 1.82) is 0 Å². The SMILES string of the molecule is Cc1ccc(C2OC(N)=C(OSCc3ccccc3)C2=O)c(Cl)c1. The highest BCUT2D eigenvalue weighted by Crippen LogP contribution is 2.37. The van der Waals surface area contributed by atoms with Crippen molar-refractivity contribution in [2.24, 2.45) is 5.73 Å². The normalized spacial score (nSPS) is 17.1. The summed E-state index contributed by atoms with van der Waals surface area (Å²) in [4.78, 5) is 12.5. The van der Waals surface area contributed by atoms with Gasteiger partial charge in [0.1, 0.15) is 0 Å². The topological polar surface area (TPSA) is 61.6 Å². The molecule has 0 bridgehead atoms. The zero-order valence-electron chi connectivity index (χ0n) is 13.0. The van der Waals surface area contributed by atoms with Gasteiger partial charge in [-0.2, -0.15) is 0 Å². The molecule has 124 valence electrons. The quantitative estimate of drug-likeness (QED) is 0.805. The predicted octanol–water partition coefficient (Wildman–Crippen LogP) is 4.28. The standard InChI is InChI=1S/C18H16ClNO3S/c1-11-7-8-13(14(19)9-11)16-15(21)17(18(20)22-16)23-24-10-12-5-3-2-4-6-12/h2-9,16H,10,20H2,1H3. The number of ether oxygens (including phenoxy) is 1. The fourth-order valence-electron chi connectivity index (χ4n) is 2.34. The minimum absolute atomic E-state index is 0.0118. The summed E-state index contributed by atoms with van der Waals surface area (Å²) in [6, 6.07) is 15.2. The maximum absolute atomic E-state index is 12.5. The molecule has 0 saturated carbocycles. The lowest BCUT2D eigenvalue weighted by atomic mass is 10.0. The molecule has 1 atom stereocenters. The van der Waals surface area contributed by atoms with E-state index in [-0.39, 0.29) is 17.4 Å². The fourth-order valence-corrected chi connectivity index (χ4v) is 3.34. The van der Waals surface area contributed by atoms with E-state index in [1.807, 2.05) is 43.3 Å². The largest absolute Gasteiger partial charge is 0.460 e. The number of nitrogens with two attached hydrogens (primary N) is 1. The summed E-state index contributed by atoms with van der Waals surface area (Å²) in [5, 5.41) is 0.472. The van der Waals surface area contributed by atoms with Crippen LogP contribution in [0.3, 0.4) is 0 Å². The van der Waals surface area contributed by atoms with Gasteiger partial charge < -0.3 is 14.7 Å². The van der Waals surface area contributed by atoms with Gasteiger partial charge in [-0.05, 0) is 24.1 Å². The molecule has 0 saturated heterocycles. The van der Waals surface area contributed by atoms with Crippen LogP contribution in [0.2, 0.25) is 5.02 Å². The van der Waals surface area contributed by atoms with Gasteiger partial charge in [0.2, 0.25) is 17.4 Å². The number of ketones is 1. The van der Waals surface area contributed by atoms with Crippen molar-refractivity contribution in [2.45, 2.75) is 18.8 Å². The van der Waals surface area contributed by atoms with Crippen LogP contribution in [0.4, 0.5) is 0 Å². The summed E-state index contributed by atoms with van der Waals surface area (Å²) in [5.41, 5.74) is 8.49. The van der Waals surface area contributed by atoms with Gasteiger partial charge in [0, 0.05) is 10.6 Å². The van der Waals surface area contributed by atoms with E-state index in [4.69, 9.17) is 26.3 Å². The van der Waals surface area contributed by atoms with Gasteiger partial charge in [-0.25, -0.2) is 0 Å². The molecule has 0 spiro atoms. The highest BCUT2D eigenvalue weighted by molar-refractivity contribution is 7.94. The summed E-state index contributed by atoms with van der Waals surface area (Å²) in [6.45, 7) is 1.92. The van der Waals surface area contributed by atoms with Crippen LogP contribution in [0.5, 0.6) is 0 Å². The van der Waals surface area contributed by atoms with Gasteiger partial charge in [-0.3, -0.25) is 4.79 Å². The maximum Gasteiger partial charge on any atom is 0.249 e. The fraction of sp³-hybridized carbons (Fsp3) is 0.167. The van der Waals surface area contributed by atoms with E-state index < -0.39 is 6.10 Å². The number of aryl methyl sites for hydroxylation is 1. The highest BCUT2D eigenvalue weighted by atomic mass is 35.5. The molecular weight excluding hydrogens is 346 g/mol. The lowest BCUT2D eigenvalue weighted by molar-refractivity contribution is -0.122.